The number of carbonyl (C=O) groups excluding carboxylic acids is 2. The number of rotatable bonds is 33. The number of aromatic hydroxyl groups is 2. The predicted molar refractivity (Wildman–Crippen MR) is 488 cm³/mol. The third-order valence-corrected chi connectivity index (χ3v) is 20.3. The first-order valence-corrected chi connectivity index (χ1v) is 40.5. The van der Waals surface area contributed by atoms with Gasteiger partial charge < -0.3 is 72.5 Å². The van der Waals surface area contributed by atoms with E-state index in [0.29, 0.717) is 91.0 Å². The molecule has 4 N–H and O–H groups in total. The molecule has 676 valence electrons. The Morgan fingerprint density at radius 3 is 0.880 bits per heavy atom. The Balaban J connectivity index is 0.000000340. The van der Waals surface area contributed by atoms with Crippen LogP contribution in [0.25, 0.3) is 33.4 Å². The molecule has 0 amide bonds. The highest BCUT2D eigenvalue weighted by Gasteiger charge is 2.27. The number of halogens is 4. The van der Waals surface area contributed by atoms with Crippen LogP contribution in [0.15, 0.2) is 206 Å². The molecule has 125 heavy (non-hydrogen) atoms. The van der Waals surface area contributed by atoms with Crippen LogP contribution >= 0.6 is 11.6 Å². The molecule has 0 aliphatic heterocycles. The summed E-state index contributed by atoms with van der Waals surface area (Å²) in [6, 6.07) is 60.6. The number of hydrogen-bond acceptors (Lipinski definition) is 17. The van der Waals surface area contributed by atoms with E-state index < -0.39 is 11.9 Å². The second-order valence-corrected chi connectivity index (χ2v) is 32.6. The Morgan fingerprint density at radius 2 is 0.616 bits per heavy atom. The van der Waals surface area contributed by atoms with Gasteiger partial charge in [0.25, 0.3) is 0 Å². The molecule has 4 atom stereocenters. The number of aliphatic carboxylic acids is 2. The van der Waals surface area contributed by atoms with Crippen LogP contribution in [-0.4, -0.2) is 135 Å². The number of phenolic OH excluding ortho intramolecular Hbond substituents is 2. The van der Waals surface area contributed by atoms with Crippen LogP contribution in [0.1, 0.15) is 182 Å². The van der Waals surface area contributed by atoms with E-state index in [1.165, 1.54) is 32.4 Å². The van der Waals surface area contributed by atoms with E-state index in [1.807, 2.05) is 97.1 Å². The Bertz CT molecular complexity index is 4790. The summed E-state index contributed by atoms with van der Waals surface area (Å²) in [4.78, 5) is 44.9. The smallest absolute Gasteiger partial charge is 0.306 e. The van der Waals surface area contributed by atoms with E-state index >= 15 is 0 Å². The van der Waals surface area contributed by atoms with Gasteiger partial charge in [-0.1, -0.05) is 180 Å². The molecule has 10 rings (SSSR count). The highest BCUT2D eigenvalue weighted by atomic mass is 35.5. The van der Waals surface area contributed by atoms with E-state index in [4.69, 9.17) is 54.2 Å². The van der Waals surface area contributed by atoms with Gasteiger partial charge in [0.1, 0.15) is 70.9 Å². The number of carboxylic acids is 2. The number of ether oxygens (including phenoxy) is 11. The van der Waals surface area contributed by atoms with E-state index in [0.717, 1.165) is 72.3 Å². The van der Waals surface area contributed by atoms with Gasteiger partial charge in [0, 0.05) is 74.7 Å². The molecule has 0 aliphatic carbocycles. The van der Waals surface area contributed by atoms with Gasteiger partial charge in [-0.15, -0.1) is 11.6 Å². The van der Waals surface area contributed by atoms with Gasteiger partial charge in [-0.2, -0.15) is 0 Å². The van der Waals surface area contributed by atoms with Crippen molar-refractivity contribution >= 4 is 35.5 Å². The molecule has 0 unspecified atom stereocenters. The molecule has 0 aromatic heterocycles. The molecular weight excluding hydrogens is 1620 g/mol. The van der Waals surface area contributed by atoms with Crippen molar-refractivity contribution in [2.75, 3.05) is 90.4 Å². The van der Waals surface area contributed by atoms with Gasteiger partial charge in [-0.3, -0.25) is 19.2 Å². The monoisotopic (exact) mass is 1750 g/mol. The first-order valence-electron chi connectivity index (χ1n) is 40.0. The summed E-state index contributed by atoms with van der Waals surface area (Å²) in [5.41, 5.74) is 13.0. The molecule has 10 aromatic carbocycles. The third kappa shape index (κ3) is 33.6. The van der Waals surface area contributed by atoms with Crippen molar-refractivity contribution in [3.8, 4) is 73.6 Å². The lowest BCUT2D eigenvalue weighted by Gasteiger charge is -2.25. The number of carbonyl (C=O) groups is 4. The van der Waals surface area contributed by atoms with Crippen molar-refractivity contribution in [2.24, 2.45) is 0 Å². The quantitative estimate of drug-likeness (QED) is 0.0220. The topological polar surface area (TPSA) is 251 Å². The van der Waals surface area contributed by atoms with Gasteiger partial charge in [-0.05, 0) is 192 Å². The van der Waals surface area contributed by atoms with Crippen molar-refractivity contribution < 1.29 is 105 Å². The molecular formula is C102H126ClF3O19. The highest BCUT2D eigenvalue weighted by Crippen LogP contribution is 2.42. The minimum absolute atomic E-state index is 0. The summed E-state index contributed by atoms with van der Waals surface area (Å²) in [6.45, 7) is 21.0. The molecule has 0 saturated carbocycles. The van der Waals surface area contributed by atoms with Crippen molar-refractivity contribution in [1.82, 2.24) is 0 Å². The Morgan fingerprint density at radius 1 is 0.336 bits per heavy atom. The standard InChI is InChI=1S/2C29H33FO5.C18H20ClFO.2C12H16O4.2CH4/c2*1-29(2,3)26-13-19(9-11-24(26)25-16-22(34-5)10-12-27(25)30)17-35-23-8-6-7-20(14-23)21(18-33-4)15-28(31)32;1-18(2,3)16-9-12(11-19)5-7-14(16)15-10-13(21-4)6-8-17(15)20;2*1-15-8-10(7-12(14)16-2)9-4-3-5-11(13)6-9;;/h2*6-14,16,21H,15,17-18H2,1-5H3,(H,31,32);5-10H,11H2,1-4H3;2*3-6,10,13H,7-8H2,1-2H3;2*1H4/t2*21-;;2*10-;;/m10.10../s1. The summed E-state index contributed by atoms with van der Waals surface area (Å²) < 4.78 is 101. The fourth-order valence-corrected chi connectivity index (χ4v) is 13.8. The van der Waals surface area contributed by atoms with Gasteiger partial charge in [0.15, 0.2) is 0 Å². The number of hydrogen-bond donors (Lipinski definition) is 4. The zero-order chi connectivity index (χ0) is 90.7. The van der Waals surface area contributed by atoms with Crippen LogP contribution in [0.3, 0.4) is 0 Å². The molecule has 23 heteroatoms. The second kappa shape index (κ2) is 51.8. The van der Waals surface area contributed by atoms with Crippen LogP contribution < -0.4 is 23.7 Å². The van der Waals surface area contributed by atoms with Crippen molar-refractivity contribution in [2.45, 2.75) is 162 Å². The first-order chi connectivity index (χ1) is 58.4. The van der Waals surface area contributed by atoms with Crippen molar-refractivity contribution in [3.05, 3.63) is 279 Å². The van der Waals surface area contributed by atoms with E-state index in [1.54, 1.807) is 123 Å². The molecule has 0 fully saturated rings. The number of carboxylic acid groups (broad SMARTS) is 2. The maximum Gasteiger partial charge on any atom is 0.306 e. The second-order valence-electron chi connectivity index (χ2n) is 32.3. The summed E-state index contributed by atoms with van der Waals surface area (Å²) in [7, 11) is 13.7. The van der Waals surface area contributed by atoms with Gasteiger partial charge in [-0.25, -0.2) is 13.2 Å². The van der Waals surface area contributed by atoms with E-state index in [2.05, 4.69) is 90.0 Å². The molecule has 0 heterocycles. The normalized spacial score (nSPS) is 11.9. The average molecular weight is 1750 g/mol. The molecule has 0 aliphatic rings. The zero-order valence-electron chi connectivity index (χ0n) is 73.6. The number of phenols is 2. The lowest BCUT2D eigenvalue weighted by molar-refractivity contribution is -0.142. The minimum Gasteiger partial charge on any atom is -0.508 e. The highest BCUT2D eigenvalue weighted by molar-refractivity contribution is 6.17. The molecule has 0 radical (unpaired) electrons. The maximum atomic E-state index is 14.7. The number of benzene rings is 10. The number of esters is 2. The van der Waals surface area contributed by atoms with Gasteiger partial charge in [0.05, 0.1) is 87.7 Å². The number of alkyl halides is 1. The summed E-state index contributed by atoms with van der Waals surface area (Å²) in [5.74, 6) is 0.0780. The molecule has 0 bridgehead atoms. The van der Waals surface area contributed by atoms with E-state index in [-0.39, 0.29) is 121 Å². The van der Waals surface area contributed by atoms with Gasteiger partial charge >= 0.3 is 23.9 Å². The van der Waals surface area contributed by atoms with Crippen LogP contribution in [0.4, 0.5) is 13.2 Å². The summed E-state index contributed by atoms with van der Waals surface area (Å²) >= 11 is 5.93. The van der Waals surface area contributed by atoms with Crippen molar-refractivity contribution in [3.63, 3.8) is 0 Å². The minimum atomic E-state index is -0.874. The van der Waals surface area contributed by atoms with Crippen molar-refractivity contribution in [1.29, 1.82) is 0 Å². The molecule has 10 aromatic rings. The molecule has 0 saturated heterocycles. The SMILES string of the molecule is C.C.COC[C@@H](CC(=O)O)c1cccc(OCc2ccc(-c3cc(OC)ccc3F)c(C(C)(C)C)c2)c1.COC[C@@H](CC(=O)OC)c1cccc(O)c1.COC[C@H](CC(=O)O)c1cccc(OCc2ccc(-c3cc(OC)ccc3F)c(C(C)(C)C)c2)c1.COC[C@H](CC(=O)OC)c1cccc(O)c1.COc1ccc(F)c(-c2ccc(CCl)cc2C(C)(C)C)c1. The van der Waals surface area contributed by atoms with Crippen LogP contribution in [0.2, 0.25) is 0 Å². The van der Waals surface area contributed by atoms with Crippen LogP contribution in [-0.2, 0) is 82.9 Å². The number of methoxy groups -OCH3 is 9. The molecule has 0 spiro atoms. The average Bonchev–Trinajstić information content (AvgIpc) is 0.792. The van der Waals surface area contributed by atoms with Crippen LogP contribution in [0, 0.1) is 17.5 Å². The predicted octanol–water partition coefficient (Wildman–Crippen LogP) is 23.3. The van der Waals surface area contributed by atoms with Crippen LogP contribution in [0.5, 0.6) is 40.2 Å². The lowest BCUT2D eigenvalue weighted by atomic mass is 9.81. The van der Waals surface area contributed by atoms with E-state index in [9.17, 15) is 52.8 Å². The zero-order valence-corrected chi connectivity index (χ0v) is 74.4. The maximum absolute atomic E-state index is 14.7. The van der Waals surface area contributed by atoms with Gasteiger partial charge in [0.2, 0.25) is 0 Å². The Hall–Kier alpha value is -11.4. The lowest BCUT2D eigenvalue weighted by Crippen LogP contribution is -2.14. The fraction of sp³-hybridized carbons (Fsp3) is 0.373. The Labute approximate surface area is 741 Å². The summed E-state index contributed by atoms with van der Waals surface area (Å²) in [6.07, 6.45) is 0.449. The first kappa shape index (κ1) is 106. The largest absolute Gasteiger partial charge is 0.508 e. The summed E-state index contributed by atoms with van der Waals surface area (Å²) in [5, 5.41) is 37.2. The third-order valence-electron chi connectivity index (χ3n) is 20.0. The fourth-order valence-electron chi connectivity index (χ4n) is 13.6. The Kier molecular flexibility index (Phi) is 43.9. The molecule has 19 nitrogen and oxygen atoms in total.